The topological polar surface area (TPSA) is 58.6 Å². The Morgan fingerprint density at radius 2 is 2.08 bits per heavy atom. The van der Waals surface area contributed by atoms with Crippen molar-refractivity contribution in [3.05, 3.63) is 48.4 Å². The molecule has 1 aliphatic rings. The van der Waals surface area contributed by atoms with E-state index in [1.165, 1.54) is 0 Å². The van der Waals surface area contributed by atoms with Gasteiger partial charge in [-0.1, -0.05) is 18.2 Å². The molecule has 0 radical (unpaired) electrons. The van der Waals surface area contributed by atoms with Gasteiger partial charge < -0.3 is 9.64 Å². The van der Waals surface area contributed by atoms with Crippen LogP contribution in [0.5, 0.6) is 11.6 Å². The Kier molecular flexibility index (Phi) is 5.60. The highest BCUT2D eigenvalue weighted by Gasteiger charge is 2.24. The predicted octanol–water partition coefficient (Wildman–Crippen LogP) is 2.54. The van der Waals surface area contributed by atoms with Gasteiger partial charge in [-0.15, -0.1) is 0 Å². The molecule has 0 unspecified atom stereocenters. The summed E-state index contributed by atoms with van der Waals surface area (Å²) in [4.78, 5) is 24.7. The molecule has 132 valence electrons. The van der Waals surface area contributed by atoms with E-state index >= 15 is 0 Å². The minimum absolute atomic E-state index is 0.132. The highest BCUT2D eigenvalue weighted by molar-refractivity contribution is 5.77. The quantitative estimate of drug-likeness (QED) is 0.837. The molecule has 3 rings (SSSR count). The summed E-state index contributed by atoms with van der Waals surface area (Å²) in [5.74, 6) is 1.66. The van der Waals surface area contributed by atoms with Gasteiger partial charge in [0, 0.05) is 32.8 Å². The standard InChI is InChI=1S/C19H24N4O2/c1-22(2)19(24)14-23-10-6-7-15(13-23)17-11-20-12-18(21-17)25-16-8-4-3-5-9-16/h3-5,8-9,11-12,15H,6-7,10,13-14H2,1-2H3/t15-/m0/s1. The van der Waals surface area contributed by atoms with Gasteiger partial charge in [-0.2, -0.15) is 0 Å². The second kappa shape index (κ2) is 8.07. The number of rotatable bonds is 5. The normalized spacial score (nSPS) is 17.9. The van der Waals surface area contributed by atoms with Gasteiger partial charge in [0.2, 0.25) is 11.8 Å². The molecule has 25 heavy (non-hydrogen) atoms. The zero-order valence-electron chi connectivity index (χ0n) is 14.8. The summed E-state index contributed by atoms with van der Waals surface area (Å²) < 4.78 is 5.78. The molecule has 0 bridgehead atoms. The summed E-state index contributed by atoms with van der Waals surface area (Å²) >= 11 is 0. The van der Waals surface area contributed by atoms with E-state index in [9.17, 15) is 4.79 Å². The molecule has 6 heteroatoms. The fourth-order valence-electron chi connectivity index (χ4n) is 2.99. The Morgan fingerprint density at radius 1 is 1.28 bits per heavy atom. The fourth-order valence-corrected chi connectivity index (χ4v) is 2.99. The van der Waals surface area contributed by atoms with Gasteiger partial charge in [-0.05, 0) is 31.5 Å². The van der Waals surface area contributed by atoms with E-state index in [0.717, 1.165) is 37.4 Å². The number of carbonyl (C=O) groups is 1. The highest BCUT2D eigenvalue weighted by Crippen LogP contribution is 2.27. The second-order valence-corrected chi connectivity index (χ2v) is 6.56. The lowest BCUT2D eigenvalue weighted by Gasteiger charge is -2.32. The molecule has 0 N–H and O–H groups in total. The maximum atomic E-state index is 11.9. The molecule has 0 spiro atoms. The monoisotopic (exact) mass is 340 g/mol. The number of hydrogen-bond donors (Lipinski definition) is 0. The summed E-state index contributed by atoms with van der Waals surface area (Å²) in [6.45, 7) is 2.23. The average molecular weight is 340 g/mol. The van der Waals surface area contributed by atoms with Crippen LogP contribution in [0.25, 0.3) is 0 Å². The van der Waals surface area contributed by atoms with Crippen molar-refractivity contribution in [1.29, 1.82) is 0 Å². The van der Waals surface area contributed by atoms with E-state index in [1.807, 2.05) is 30.3 Å². The van der Waals surface area contributed by atoms with Gasteiger partial charge in [0.1, 0.15) is 5.75 Å². The van der Waals surface area contributed by atoms with Crippen molar-refractivity contribution >= 4 is 5.91 Å². The molecule has 2 heterocycles. The Morgan fingerprint density at radius 3 is 2.84 bits per heavy atom. The summed E-state index contributed by atoms with van der Waals surface area (Å²) in [5, 5.41) is 0. The van der Waals surface area contributed by atoms with Crippen molar-refractivity contribution in [3.8, 4) is 11.6 Å². The lowest BCUT2D eigenvalue weighted by molar-refractivity contribution is -0.130. The fraction of sp³-hybridized carbons (Fsp3) is 0.421. The Hall–Kier alpha value is -2.47. The molecule has 2 aromatic rings. The zero-order valence-corrected chi connectivity index (χ0v) is 14.8. The summed E-state index contributed by atoms with van der Waals surface area (Å²) in [5.41, 5.74) is 0.926. The molecular formula is C19H24N4O2. The number of piperidine rings is 1. The lowest BCUT2D eigenvalue weighted by Crippen LogP contribution is -2.41. The average Bonchev–Trinajstić information content (AvgIpc) is 2.63. The predicted molar refractivity (Wildman–Crippen MR) is 95.7 cm³/mol. The first-order valence-electron chi connectivity index (χ1n) is 8.59. The Labute approximate surface area is 148 Å². The number of ether oxygens (including phenoxy) is 1. The van der Waals surface area contributed by atoms with E-state index in [-0.39, 0.29) is 11.8 Å². The number of amides is 1. The first kappa shape index (κ1) is 17.4. The molecule has 1 aromatic heterocycles. The van der Waals surface area contributed by atoms with Crippen molar-refractivity contribution in [2.45, 2.75) is 18.8 Å². The third-order valence-corrected chi connectivity index (χ3v) is 4.38. The Bertz CT molecular complexity index is 706. The molecule has 1 aromatic carbocycles. The number of aromatic nitrogens is 2. The van der Waals surface area contributed by atoms with Crippen LogP contribution in [0.15, 0.2) is 42.7 Å². The maximum Gasteiger partial charge on any atom is 0.238 e. The number of likely N-dealkylation sites (N-methyl/N-ethyl adjacent to an activating group) is 1. The summed E-state index contributed by atoms with van der Waals surface area (Å²) in [6.07, 6.45) is 5.54. The van der Waals surface area contributed by atoms with Crippen LogP contribution < -0.4 is 4.74 Å². The van der Waals surface area contributed by atoms with Crippen LogP contribution in [0.3, 0.4) is 0 Å². The first-order valence-corrected chi connectivity index (χ1v) is 8.59. The van der Waals surface area contributed by atoms with Gasteiger partial charge >= 0.3 is 0 Å². The molecule has 1 saturated heterocycles. The molecule has 6 nitrogen and oxygen atoms in total. The third kappa shape index (κ3) is 4.76. The number of carbonyl (C=O) groups excluding carboxylic acids is 1. The van der Waals surface area contributed by atoms with E-state index < -0.39 is 0 Å². The van der Waals surface area contributed by atoms with E-state index in [0.29, 0.717) is 12.4 Å². The van der Waals surface area contributed by atoms with Crippen LogP contribution in [0.4, 0.5) is 0 Å². The van der Waals surface area contributed by atoms with Gasteiger partial charge in [-0.3, -0.25) is 14.7 Å². The highest BCUT2D eigenvalue weighted by atomic mass is 16.5. The number of hydrogen-bond acceptors (Lipinski definition) is 5. The molecule has 0 saturated carbocycles. The third-order valence-electron chi connectivity index (χ3n) is 4.38. The van der Waals surface area contributed by atoms with E-state index in [4.69, 9.17) is 4.74 Å². The second-order valence-electron chi connectivity index (χ2n) is 6.56. The lowest BCUT2D eigenvalue weighted by atomic mass is 9.95. The molecule has 1 atom stereocenters. The first-order chi connectivity index (χ1) is 12.1. The van der Waals surface area contributed by atoms with Crippen LogP contribution in [-0.2, 0) is 4.79 Å². The van der Waals surface area contributed by atoms with Gasteiger partial charge in [-0.25, -0.2) is 4.98 Å². The molecule has 1 fully saturated rings. The van der Waals surface area contributed by atoms with E-state index in [1.54, 1.807) is 31.4 Å². The van der Waals surface area contributed by atoms with Crippen molar-refractivity contribution in [2.75, 3.05) is 33.7 Å². The number of benzene rings is 1. The number of nitrogens with zero attached hydrogens (tertiary/aromatic N) is 4. The van der Waals surface area contributed by atoms with E-state index in [2.05, 4.69) is 14.9 Å². The van der Waals surface area contributed by atoms with Crippen molar-refractivity contribution < 1.29 is 9.53 Å². The van der Waals surface area contributed by atoms with Gasteiger partial charge in [0.05, 0.1) is 18.4 Å². The summed E-state index contributed by atoms with van der Waals surface area (Å²) in [7, 11) is 3.58. The van der Waals surface area contributed by atoms with Crippen molar-refractivity contribution in [1.82, 2.24) is 19.8 Å². The largest absolute Gasteiger partial charge is 0.437 e. The van der Waals surface area contributed by atoms with Crippen LogP contribution in [0.2, 0.25) is 0 Å². The number of para-hydroxylation sites is 1. The zero-order chi connectivity index (χ0) is 17.6. The van der Waals surface area contributed by atoms with Crippen molar-refractivity contribution in [2.24, 2.45) is 0 Å². The van der Waals surface area contributed by atoms with Gasteiger partial charge in [0.25, 0.3) is 0 Å². The minimum Gasteiger partial charge on any atom is -0.437 e. The van der Waals surface area contributed by atoms with Crippen LogP contribution in [-0.4, -0.2) is 59.4 Å². The van der Waals surface area contributed by atoms with Crippen LogP contribution in [0, 0.1) is 0 Å². The SMILES string of the molecule is CN(C)C(=O)CN1CCC[C@H](c2cncc(Oc3ccccc3)n2)C1. The van der Waals surface area contributed by atoms with Crippen LogP contribution >= 0.6 is 0 Å². The summed E-state index contributed by atoms with van der Waals surface area (Å²) in [6, 6.07) is 9.58. The molecule has 1 aliphatic heterocycles. The van der Waals surface area contributed by atoms with Crippen molar-refractivity contribution in [3.63, 3.8) is 0 Å². The smallest absolute Gasteiger partial charge is 0.238 e. The maximum absolute atomic E-state index is 11.9. The Balaban J connectivity index is 1.67. The van der Waals surface area contributed by atoms with Crippen LogP contribution in [0.1, 0.15) is 24.5 Å². The minimum atomic E-state index is 0.132. The van der Waals surface area contributed by atoms with Gasteiger partial charge in [0.15, 0.2) is 0 Å². The molecular weight excluding hydrogens is 316 g/mol. The molecule has 0 aliphatic carbocycles. The molecule has 1 amide bonds. The number of likely N-dealkylation sites (tertiary alicyclic amines) is 1.